The molecular weight excluding hydrogens is 379 g/mol. The Morgan fingerprint density at radius 3 is 1.85 bits per heavy atom. The van der Waals surface area contributed by atoms with Crippen molar-refractivity contribution in [2.45, 2.75) is 5.92 Å². The first kappa shape index (κ1) is 21.6. The summed E-state index contributed by atoms with van der Waals surface area (Å²) in [5.74, 6) is 0.121. The van der Waals surface area contributed by atoms with Gasteiger partial charge >= 0.3 is 0 Å². The number of piperazine rings is 1. The van der Waals surface area contributed by atoms with Crippen molar-refractivity contribution in [2.75, 3.05) is 39.8 Å². The van der Waals surface area contributed by atoms with E-state index in [4.69, 9.17) is 0 Å². The number of benzene rings is 2. The summed E-state index contributed by atoms with van der Waals surface area (Å²) in [6.07, 6.45) is 4.27. The summed E-state index contributed by atoms with van der Waals surface area (Å²) in [6.45, 7) is 4.54. The summed E-state index contributed by atoms with van der Waals surface area (Å²) in [6, 6.07) is 16.6. The zero-order valence-electron chi connectivity index (χ0n) is 15.5. The number of Topliss-reactive ketones (excluding diaryl/α,β-unsaturated/α-hetero) is 1. The fourth-order valence-electron chi connectivity index (χ4n) is 3.86. The Bertz CT molecular complexity index is 764. The second-order valence-corrected chi connectivity index (χ2v) is 7.07. The Hall–Kier alpha value is -1.65. The molecule has 0 unspecified atom stereocenters. The maximum atomic E-state index is 13.3. The lowest BCUT2D eigenvalue weighted by atomic mass is 9.84. The van der Waals surface area contributed by atoms with Crippen molar-refractivity contribution in [2.24, 2.45) is 0 Å². The summed E-state index contributed by atoms with van der Waals surface area (Å²) in [4.78, 5) is 18.0. The number of hydrogen-bond donors (Lipinski definition) is 0. The average Bonchev–Trinajstić information content (AvgIpc) is 2.80. The minimum atomic E-state index is -0.179. The number of fused-ring (bicyclic) bond motifs is 2. The molecule has 0 saturated carbocycles. The van der Waals surface area contributed by atoms with Gasteiger partial charge in [0.25, 0.3) is 0 Å². The Morgan fingerprint density at radius 2 is 1.33 bits per heavy atom. The van der Waals surface area contributed by atoms with Crippen LogP contribution in [0.2, 0.25) is 0 Å². The number of carbonyl (C=O) groups is 1. The van der Waals surface area contributed by atoms with Gasteiger partial charge < -0.3 is 4.90 Å². The number of carbonyl (C=O) groups excluding carboxylic acids is 1. The van der Waals surface area contributed by atoms with Crippen LogP contribution in [-0.2, 0) is 4.79 Å². The first-order chi connectivity index (χ1) is 12.2. The number of rotatable bonds is 3. The molecule has 0 amide bonds. The van der Waals surface area contributed by atoms with Crippen molar-refractivity contribution in [3.05, 3.63) is 70.8 Å². The third kappa shape index (κ3) is 4.61. The fraction of sp³-hybridized carbons (Fsp3) is 0.318. The van der Waals surface area contributed by atoms with Crippen molar-refractivity contribution in [1.29, 1.82) is 0 Å². The first-order valence-corrected chi connectivity index (χ1v) is 9.02. The Kier molecular flexibility index (Phi) is 7.63. The first-order valence-electron chi connectivity index (χ1n) is 9.02. The van der Waals surface area contributed by atoms with Crippen molar-refractivity contribution in [3.63, 3.8) is 0 Å². The van der Waals surface area contributed by atoms with Gasteiger partial charge in [0.1, 0.15) is 0 Å². The molecule has 0 bridgehead atoms. The smallest absolute Gasteiger partial charge is 0.158 e. The zero-order chi connectivity index (χ0) is 17.2. The summed E-state index contributed by atoms with van der Waals surface area (Å²) in [5, 5.41) is 0. The highest BCUT2D eigenvalue weighted by Gasteiger charge is 2.29. The molecule has 0 N–H and O–H groups in total. The second-order valence-electron chi connectivity index (χ2n) is 7.07. The van der Waals surface area contributed by atoms with Crippen LogP contribution in [0.5, 0.6) is 0 Å². The SMILES string of the molecule is CN1CCN(CC(=O)C2c3ccccc3C=Cc3ccccc32)CC1.Cl.Cl. The van der Waals surface area contributed by atoms with Crippen molar-refractivity contribution >= 4 is 42.7 Å². The molecule has 0 aromatic heterocycles. The minimum absolute atomic E-state index is 0. The van der Waals surface area contributed by atoms with Gasteiger partial charge in [-0.05, 0) is 29.3 Å². The number of ketones is 1. The lowest BCUT2D eigenvalue weighted by Crippen LogP contribution is -2.46. The van der Waals surface area contributed by atoms with Crippen LogP contribution in [0.3, 0.4) is 0 Å². The van der Waals surface area contributed by atoms with Crippen molar-refractivity contribution < 1.29 is 4.79 Å². The van der Waals surface area contributed by atoms with Gasteiger partial charge in [-0.1, -0.05) is 60.7 Å². The van der Waals surface area contributed by atoms with E-state index in [1.165, 1.54) is 0 Å². The molecule has 1 aliphatic heterocycles. The predicted octanol–water partition coefficient (Wildman–Crippen LogP) is 3.96. The largest absolute Gasteiger partial charge is 0.304 e. The van der Waals surface area contributed by atoms with E-state index in [9.17, 15) is 4.79 Å². The van der Waals surface area contributed by atoms with Gasteiger partial charge in [-0.3, -0.25) is 9.69 Å². The fourth-order valence-corrected chi connectivity index (χ4v) is 3.86. The van der Waals surface area contributed by atoms with E-state index in [0.29, 0.717) is 12.3 Å². The van der Waals surface area contributed by atoms with Crippen LogP contribution in [0.25, 0.3) is 12.2 Å². The molecule has 2 aromatic carbocycles. The molecule has 1 saturated heterocycles. The second kappa shape index (κ2) is 9.52. The van der Waals surface area contributed by atoms with Crippen LogP contribution < -0.4 is 0 Å². The van der Waals surface area contributed by atoms with Crippen LogP contribution in [0.1, 0.15) is 28.2 Å². The van der Waals surface area contributed by atoms with Gasteiger partial charge in [-0.25, -0.2) is 0 Å². The van der Waals surface area contributed by atoms with Gasteiger partial charge in [-0.15, -0.1) is 24.8 Å². The zero-order valence-corrected chi connectivity index (χ0v) is 17.1. The molecule has 27 heavy (non-hydrogen) atoms. The van der Waals surface area contributed by atoms with Crippen LogP contribution in [-0.4, -0.2) is 55.4 Å². The van der Waals surface area contributed by atoms with E-state index in [2.05, 4.69) is 53.3 Å². The number of nitrogens with zero attached hydrogens (tertiary/aromatic N) is 2. The molecule has 3 nitrogen and oxygen atoms in total. The number of hydrogen-bond acceptors (Lipinski definition) is 3. The lowest BCUT2D eigenvalue weighted by Gasteiger charge is -2.33. The minimum Gasteiger partial charge on any atom is -0.304 e. The maximum absolute atomic E-state index is 13.3. The van der Waals surface area contributed by atoms with Gasteiger partial charge in [-0.2, -0.15) is 0 Å². The quantitative estimate of drug-likeness (QED) is 0.773. The van der Waals surface area contributed by atoms with Crippen molar-refractivity contribution in [1.82, 2.24) is 9.80 Å². The number of likely N-dealkylation sites (N-methyl/N-ethyl adjacent to an activating group) is 1. The van der Waals surface area contributed by atoms with Crippen LogP contribution >= 0.6 is 24.8 Å². The molecule has 4 rings (SSSR count). The molecule has 1 aliphatic carbocycles. The van der Waals surface area contributed by atoms with Crippen LogP contribution in [0, 0.1) is 0 Å². The highest BCUT2D eigenvalue weighted by Crippen LogP contribution is 2.35. The number of halogens is 2. The van der Waals surface area contributed by atoms with E-state index >= 15 is 0 Å². The molecule has 1 fully saturated rings. The van der Waals surface area contributed by atoms with E-state index < -0.39 is 0 Å². The van der Waals surface area contributed by atoms with Gasteiger partial charge in [0.15, 0.2) is 5.78 Å². The standard InChI is InChI=1S/C22H24N2O.2ClH/c1-23-12-14-24(15-13-23)16-21(25)22-19-8-4-2-6-17(19)10-11-18-7-3-5-9-20(18)22;;/h2-11,22H,12-16H2,1H3;2*1H. The highest BCUT2D eigenvalue weighted by molar-refractivity contribution is 5.94. The Balaban J connectivity index is 0.00000131. The van der Waals surface area contributed by atoms with Crippen LogP contribution in [0.4, 0.5) is 0 Å². The van der Waals surface area contributed by atoms with Crippen molar-refractivity contribution in [3.8, 4) is 0 Å². The monoisotopic (exact) mass is 404 g/mol. The van der Waals surface area contributed by atoms with E-state index in [0.717, 1.165) is 48.4 Å². The van der Waals surface area contributed by atoms with Gasteiger partial charge in [0.2, 0.25) is 0 Å². The third-order valence-electron chi connectivity index (χ3n) is 5.35. The van der Waals surface area contributed by atoms with E-state index in [1.807, 2.05) is 24.3 Å². The van der Waals surface area contributed by atoms with E-state index in [-0.39, 0.29) is 30.7 Å². The van der Waals surface area contributed by atoms with Crippen LogP contribution in [0.15, 0.2) is 48.5 Å². The molecule has 144 valence electrons. The maximum Gasteiger partial charge on any atom is 0.158 e. The highest BCUT2D eigenvalue weighted by atomic mass is 35.5. The molecule has 1 heterocycles. The van der Waals surface area contributed by atoms with E-state index in [1.54, 1.807) is 0 Å². The normalized spacial score (nSPS) is 17.1. The molecular formula is C22H26Cl2N2O. The molecule has 5 heteroatoms. The summed E-state index contributed by atoms with van der Waals surface area (Å²) >= 11 is 0. The summed E-state index contributed by atoms with van der Waals surface area (Å²) < 4.78 is 0. The molecule has 0 radical (unpaired) electrons. The summed E-state index contributed by atoms with van der Waals surface area (Å²) in [5.41, 5.74) is 4.55. The Labute approximate surface area is 173 Å². The molecule has 2 aromatic rings. The average molecular weight is 405 g/mol. The molecule has 2 aliphatic rings. The third-order valence-corrected chi connectivity index (χ3v) is 5.35. The Morgan fingerprint density at radius 1 is 0.852 bits per heavy atom. The summed E-state index contributed by atoms with van der Waals surface area (Å²) in [7, 11) is 2.14. The lowest BCUT2D eigenvalue weighted by molar-refractivity contribution is -0.121. The van der Waals surface area contributed by atoms with Gasteiger partial charge in [0.05, 0.1) is 12.5 Å². The topological polar surface area (TPSA) is 23.6 Å². The predicted molar refractivity (Wildman–Crippen MR) is 117 cm³/mol. The molecule has 0 atom stereocenters. The molecule has 0 spiro atoms. The van der Waals surface area contributed by atoms with Gasteiger partial charge in [0, 0.05) is 26.2 Å².